The molecule has 3 saturated heterocycles. The van der Waals surface area contributed by atoms with Gasteiger partial charge in [0.1, 0.15) is 5.75 Å². The van der Waals surface area contributed by atoms with Crippen LogP contribution in [0.1, 0.15) is 44.1 Å². The highest BCUT2D eigenvalue weighted by atomic mass is 16.5. The fourth-order valence-electron chi connectivity index (χ4n) is 6.27. The van der Waals surface area contributed by atoms with Gasteiger partial charge in [-0.1, -0.05) is 30.2 Å². The first-order valence-corrected chi connectivity index (χ1v) is 11.1. The third kappa shape index (κ3) is 3.26. The molecule has 0 N–H and O–H groups in total. The number of carbonyl (C=O) groups is 1. The van der Waals surface area contributed by atoms with Crippen molar-refractivity contribution in [2.24, 2.45) is 11.8 Å². The van der Waals surface area contributed by atoms with E-state index in [2.05, 4.69) is 15.9 Å². The SMILES string of the molecule is COc1ccc(CC(=O)N2CCCC3=C[C@H]4C[C@@H](CN5CCCCC45)C32)cc1. The summed E-state index contributed by atoms with van der Waals surface area (Å²) in [7, 11) is 1.68. The third-order valence-electron chi connectivity index (χ3n) is 7.49. The van der Waals surface area contributed by atoms with Crippen LogP contribution in [0.3, 0.4) is 0 Å². The number of benzene rings is 1. The quantitative estimate of drug-likeness (QED) is 0.751. The van der Waals surface area contributed by atoms with Gasteiger partial charge >= 0.3 is 0 Å². The number of nitrogens with zero attached hydrogens (tertiary/aromatic N) is 2. The minimum Gasteiger partial charge on any atom is -0.497 e. The number of fused-ring (bicyclic) bond motifs is 6. The first kappa shape index (κ1) is 18.2. The van der Waals surface area contributed by atoms with Gasteiger partial charge in [0.2, 0.25) is 5.91 Å². The normalized spacial score (nSPS) is 32.2. The predicted octanol–water partition coefficient (Wildman–Crippen LogP) is 3.66. The summed E-state index contributed by atoms with van der Waals surface area (Å²) in [4.78, 5) is 18.2. The Morgan fingerprint density at radius 2 is 2.00 bits per heavy atom. The van der Waals surface area contributed by atoms with Crippen molar-refractivity contribution in [1.29, 1.82) is 0 Å². The van der Waals surface area contributed by atoms with Crippen LogP contribution in [0.25, 0.3) is 0 Å². The highest BCUT2D eigenvalue weighted by Crippen LogP contribution is 2.45. The van der Waals surface area contributed by atoms with E-state index in [0.717, 1.165) is 36.2 Å². The number of hydrogen-bond acceptors (Lipinski definition) is 3. The first-order valence-electron chi connectivity index (χ1n) is 11.1. The van der Waals surface area contributed by atoms with Crippen molar-refractivity contribution in [2.45, 2.75) is 57.0 Å². The molecule has 2 unspecified atom stereocenters. The Labute approximate surface area is 168 Å². The molecule has 1 aromatic carbocycles. The second-order valence-electron chi connectivity index (χ2n) is 9.12. The van der Waals surface area contributed by atoms with Crippen LogP contribution in [0.15, 0.2) is 35.9 Å². The van der Waals surface area contributed by atoms with Gasteiger partial charge in [0, 0.05) is 19.1 Å². The van der Waals surface area contributed by atoms with Gasteiger partial charge in [-0.2, -0.15) is 0 Å². The summed E-state index contributed by atoms with van der Waals surface area (Å²) >= 11 is 0. The molecule has 3 heterocycles. The molecule has 2 bridgehead atoms. The summed E-state index contributed by atoms with van der Waals surface area (Å²) in [5.74, 6) is 2.48. The van der Waals surface area contributed by atoms with E-state index < -0.39 is 0 Å². The van der Waals surface area contributed by atoms with Crippen LogP contribution in [-0.2, 0) is 11.2 Å². The molecule has 0 radical (unpaired) electrons. The van der Waals surface area contributed by atoms with E-state index in [4.69, 9.17) is 4.74 Å². The Bertz CT molecular complexity index is 756. The molecule has 4 heteroatoms. The summed E-state index contributed by atoms with van der Waals surface area (Å²) < 4.78 is 5.24. The van der Waals surface area contributed by atoms with E-state index in [1.54, 1.807) is 12.7 Å². The number of piperidine rings is 3. The molecule has 1 aromatic rings. The van der Waals surface area contributed by atoms with Crippen LogP contribution in [0.5, 0.6) is 5.75 Å². The molecule has 1 aliphatic carbocycles. The lowest BCUT2D eigenvalue weighted by atomic mass is 9.68. The number of methoxy groups -OCH3 is 1. The lowest BCUT2D eigenvalue weighted by Gasteiger charge is -2.54. The van der Waals surface area contributed by atoms with Gasteiger partial charge in [0.25, 0.3) is 0 Å². The Morgan fingerprint density at radius 1 is 1.14 bits per heavy atom. The summed E-state index contributed by atoms with van der Waals surface area (Å²) in [6, 6.07) is 9.06. The molecule has 4 aliphatic rings. The average Bonchev–Trinajstić information content (AvgIpc) is 2.74. The lowest BCUT2D eigenvalue weighted by Crippen LogP contribution is -2.60. The van der Waals surface area contributed by atoms with E-state index in [1.165, 1.54) is 45.2 Å². The van der Waals surface area contributed by atoms with Crippen LogP contribution in [0.2, 0.25) is 0 Å². The molecule has 5 rings (SSSR count). The lowest BCUT2D eigenvalue weighted by molar-refractivity contribution is -0.135. The van der Waals surface area contributed by atoms with E-state index in [1.807, 2.05) is 24.3 Å². The number of ether oxygens (including phenoxy) is 1. The Balaban J connectivity index is 1.35. The summed E-state index contributed by atoms with van der Waals surface area (Å²) in [6.07, 6.45) is 10.8. The highest BCUT2D eigenvalue weighted by molar-refractivity contribution is 5.80. The van der Waals surface area contributed by atoms with Crippen LogP contribution in [-0.4, -0.2) is 54.5 Å². The number of amides is 1. The minimum atomic E-state index is 0.292. The molecule has 3 aliphatic heterocycles. The van der Waals surface area contributed by atoms with E-state index in [-0.39, 0.29) is 0 Å². The molecule has 150 valence electrons. The standard InChI is InChI=1S/C24H32N2O2/c1-28-21-9-7-17(8-10-21)13-23(27)26-12-4-5-18-14-19-15-20(24(18)26)16-25-11-3-2-6-22(19)25/h7-10,14,19-20,22,24H,2-6,11-13,15-16H2,1H3/t19-,20-,22?,24?/m0/s1. The van der Waals surface area contributed by atoms with Gasteiger partial charge in [-0.3, -0.25) is 9.69 Å². The molecule has 28 heavy (non-hydrogen) atoms. The zero-order valence-electron chi connectivity index (χ0n) is 17.0. The van der Waals surface area contributed by atoms with Crippen molar-refractivity contribution in [3.8, 4) is 5.75 Å². The first-order chi connectivity index (χ1) is 13.7. The van der Waals surface area contributed by atoms with Gasteiger partial charge in [0.05, 0.1) is 19.6 Å². The van der Waals surface area contributed by atoms with Crippen molar-refractivity contribution in [1.82, 2.24) is 9.80 Å². The average molecular weight is 381 g/mol. The van der Waals surface area contributed by atoms with E-state index in [0.29, 0.717) is 24.3 Å². The minimum absolute atomic E-state index is 0.292. The Kier molecular flexibility index (Phi) is 4.92. The van der Waals surface area contributed by atoms with Gasteiger partial charge in [-0.05, 0) is 68.2 Å². The maximum absolute atomic E-state index is 13.3. The fraction of sp³-hybridized carbons (Fsp3) is 0.625. The molecule has 0 spiro atoms. The van der Waals surface area contributed by atoms with E-state index in [9.17, 15) is 4.79 Å². The van der Waals surface area contributed by atoms with Crippen molar-refractivity contribution >= 4 is 5.91 Å². The molecular formula is C24H32N2O2. The molecule has 0 saturated carbocycles. The Hall–Kier alpha value is -1.81. The summed E-state index contributed by atoms with van der Waals surface area (Å²) in [5, 5.41) is 0. The molecule has 3 fully saturated rings. The van der Waals surface area contributed by atoms with Crippen LogP contribution < -0.4 is 4.74 Å². The Morgan fingerprint density at radius 3 is 2.82 bits per heavy atom. The molecule has 4 atom stereocenters. The van der Waals surface area contributed by atoms with Crippen LogP contribution >= 0.6 is 0 Å². The zero-order valence-corrected chi connectivity index (χ0v) is 17.0. The molecular weight excluding hydrogens is 348 g/mol. The number of hydrogen-bond donors (Lipinski definition) is 0. The number of carbonyl (C=O) groups excluding carboxylic acids is 1. The molecule has 4 nitrogen and oxygen atoms in total. The molecule has 1 amide bonds. The topological polar surface area (TPSA) is 32.8 Å². The zero-order chi connectivity index (χ0) is 19.1. The van der Waals surface area contributed by atoms with E-state index >= 15 is 0 Å². The van der Waals surface area contributed by atoms with Crippen molar-refractivity contribution < 1.29 is 9.53 Å². The summed E-state index contributed by atoms with van der Waals surface area (Å²) in [6.45, 7) is 3.37. The largest absolute Gasteiger partial charge is 0.497 e. The van der Waals surface area contributed by atoms with Gasteiger partial charge in [0.15, 0.2) is 0 Å². The smallest absolute Gasteiger partial charge is 0.227 e. The second-order valence-corrected chi connectivity index (χ2v) is 9.12. The second kappa shape index (κ2) is 7.55. The van der Waals surface area contributed by atoms with Gasteiger partial charge in [-0.25, -0.2) is 0 Å². The maximum Gasteiger partial charge on any atom is 0.227 e. The fourth-order valence-corrected chi connectivity index (χ4v) is 6.27. The van der Waals surface area contributed by atoms with Crippen molar-refractivity contribution in [3.05, 3.63) is 41.5 Å². The predicted molar refractivity (Wildman–Crippen MR) is 110 cm³/mol. The van der Waals surface area contributed by atoms with Crippen molar-refractivity contribution in [2.75, 3.05) is 26.7 Å². The van der Waals surface area contributed by atoms with Crippen LogP contribution in [0.4, 0.5) is 0 Å². The third-order valence-corrected chi connectivity index (χ3v) is 7.49. The van der Waals surface area contributed by atoms with Gasteiger partial charge < -0.3 is 9.64 Å². The monoisotopic (exact) mass is 380 g/mol. The number of rotatable bonds is 3. The van der Waals surface area contributed by atoms with Gasteiger partial charge in [-0.15, -0.1) is 0 Å². The summed E-state index contributed by atoms with van der Waals surface area (Å²) in [5.41, 5.74) is 2.65. The molecule has 0 aromatic heterocycles. The number of likely N-dealkylation sites (tertiary alicyclic amines) is 1. The highest BCUT2D eigenvalue weighted by Gasteiger charge is 2.46. The maximum atomic E-state index is 13.3. The van der Waals surface area contributed by atoms with Crippen molar-refractivity contribution in [3.63, 3.8) is 0 Å². The van der Waals surface area contributed by atoms with Crippen LogP contribution in [0, 0.1) is 11.8 Å².